The summed E-state index contributed by atoms with van der Waals surface area (Å²) < 4.78 is 54.5. The van der Waals surface area contributed by atoms with Crippen molar-refractivity contribution in [2.24, 2.45) is 0 Å². The maximum Gasteiger partial charge on any atom is 0.420 e. The van der Waals surface area contributed by atoms with Gasteiger partial charge in [0.2, 0.25) is 0 Å². The highest BCUT2D eigenvalue weighted by Gasteiger charge is 2.38. The first-order valence-electron chi connectivity index (χ1n) is 7.99. The van der Waals surface area contributed by atoms with E-state index in [4.69, 9.17) is 14.6 Å². The van der Waals surface area contributed by atoms with Crippen LogP contribution >= 0.6 is 0 Å². The Balaban J connectivity index is 2.54. The molecule has 0 atom stereocenters. The minimum atomic E-state index is -4.73. The van der Waals surface area contributed by atoms with Gasteiger partial charge in [0, 0.05) is 12.6 Å². The first-order valence-corrected chi connectivity index (χ1v) is 7.99. The van der Waals surface area contributed by atoms with Gasteiger partial charge in [0.15, 0.2) is 0 Å². The van der Waals surface area contributed by atoms with E-state index in [1.54, 1.807) is 0 Å². The molecular weight excluding hydrogens is 385 g/mol. The van der Waals surface area contributed by atoms with Gasteiger partial charge in [0.05, 0.1) is 51.3 Å². The Morgan fingerprint density at radius 2 is 1.86 bits per heavy atom. The van der Waals surface area contributed by atoms with Crippen LogP contribution in [-0.4, -0.2) is 62.9 Å². The van der Waals surface area contributed by atoms with Crippen molar-refractivity contribution < 1.29 is 42.1 Å². The Morgan fingerprint density at radius 3 is 2.36 bits per heavy atom. The third kappa shape index (κ3) is 4.14. The molecule has 0 aliphatic carbocycles. The number of nitrogens with one attached hydrogen (secondary N) is 1. The fourth-order valence-electron chi connectivity index (χ4n) is 2.70. The summed E-state index contributed by atoms with van der Waals surface area (Å²) in [6.07, 6.45) is -4.73. The molecule has 0 unspecified atom stereocenters. The van der Waals surface area contributed by atoms with E-state index in [1.165, 1.54) is 7.11 Å². The summed E-state index contributed by atoms with van der Waals surface area (Å²) in [6, 6.07) is 1.75. The normalized spacial score (nSPS) is 14.4. The van der Waals surface area contributed by atoms with Crippen LogP contribution in [0.25, 0.3) is 0 Å². The van der Waals surface area contributed by atoms with Crippen LogP contribution in [0.5, 0.6) is 11.5 Å². The van der Waals surface area contributed by atoms with Gasteiger partial charge in [0.25, 0.3) is 5.91 Å². The zero-order valence-electron chi connectivity index (χ0n) is 15.3. The van der Waals surface area contributed by atoms with Gasteiger partial charge in [0.1, 0.15) is 17.2 Å². The molecule has 1 amide bonds. The number of carbonyl (C=O) groups excluding carboxylic acids is 2. The van der Waals surface area contributed by atoms with Gasteiger partial charge >= 0.3 is 12.1 Å². The third-order valence-corrected chi connectivity index (χ3v) is 4.04. The van der Waals surface area contributed by atoms with Crippen LogP contribution in [0.4, 0.5) is 18.9 Å². The SMILES string of the molecule is COC(=O)C1=C(Nc2cc(C(F)(F)F)c(OC)cc2OC)C(=O)N(CCO)C1. The van der Waals surface area contributed by atoms with Crippen LogP contribution in [0, 0.1) is 0 Å². The number of halogens is 3. The summed E-state index contributed by atoms with van der Waals surface area (Å²) >= 11 is 0. The number of rotatable bonds is 7. The topological polar surface area (TPSA) is 97.3 Å². The van der Waals surface area contributed by atoms with Gasteiger partial charge in [-0.15, -0.1) is 0 Å². The van der Waals surface area contributed by atoms with Gasteiger partial charge in [-0.25, -0.2) is 4.79 Å². The van der Waals surface area contributed by atoms with E-state index in [2.05, 4.69) is 10.1 Å². The van der Waals surface area contributed by atoms with Gasteiger partial charge < -0.3 is 29.5 Å². The molecule has 0 bridgehead atoms. The number of hydrogen-bond donors (Lipinski definition) is 2. The predicted molar refractivity (Wildman–Crippen MR) is 90.9 cm³/mol. The number of carbonyl (C=O) groups is 2. The number of nitrogens with zero attached hydrogens (tertiary/aromatic N) is 1. The van der Waals surface area contributed by atoms with Crippen molar-refractivity contribution in [2.75, 3.05) is 46.3 Å². The molecule has 1 heterocycles. The van der Waals surface area contributed by atoms with Crippen LogP contribution < -0.4 is 14.8 Å². The summed E-state index contributed by atoms with van der Waals surface area (Å²) in [5, 5.41) is 11.6. The monoisotopic (exact) mass is 404 g/mol. The van der Waals surface area contributed by atoms with E-state index in [0.29, 0.717) is 0 Å². The van der Waals surface area contributed by atoms with Crippen molar-refractivity contribution in [1.29, 1.82) is 0 Å². The second kappa shape index (κ2) is 8.38. The Morgan fingerprint density at radius 1 is 1.21 bits per heavy atom. The Kier molecular flexibility index (Phi) is 6.39. The molecule has 0 spiro atoms. The Bertz CT molecular complexity index is 807. The Labute approximate surface area is 158 Å². The number of β-amino-alcohol motifs (C(OH)–C–C–N with tert-alkyl or cyclic N) is 1. The van der Waals surface area contributed by atoms with Crippen molar-refractivity contribution in [3.8, 4) is 11.5 Å². The number of aliphatic hydroxyl groups is 1. The molecule has 2 rings (SSSR count). The van der Waals surface area contributed by atoms with Crippen molar-refractivity contribution in [3.05, 3.63) is 29.0 Å². The van der Waals surface area contributed by atoms with Crippen molar-refractivity contribution in [1.82, 2.24) is 4.90 Å². The van der Waals surface area contributed by atoms with Crippen molar-refractivity contribution in [3.63, 3.8) is 0 Å². The third-order valence-electron chi connectivity index (χ3n) is 4.04. The van der Waals surface area contributed by atoms with Crippen LogP contribution in [0.2, 0.25) is 0 Å². The predicted octanol–water partition coefficient (Wildman–Crippen LogP) is 1.40. The lowest BCUT2D eigenvalue weighted by Gasteiger charge is -2.18. The summed E-state index contributed by atoms with van der Waals surface area (Å²) in [5.74, 6) is -1.98. The minimum Gasteiger partial charge on any atom is -0.496 e. The number of hydrogen-bond acceptors (Lipinski definition) is 7. The summed E-state index contributed by atoms with van der Waals surface area (Å²) in [4.78, 5) is 25.7. The maximum atomic E-state index is 13.3. The van der Waals surface area contributed by atoms with Crippen molar-refractivity contribution >= 4 is 17.6 Å². The second-order valence-corrected chi connectivity index (χ2v) is 5.67. The molecule has 0 fully saturated rings. The highest BCUT2D eigenvalue weighted by molar-refractivity contribution is 6.08. The van der Waals surface area contributed by atoms with Gasteiger partial charge in [-0.05, 0) is 6.07 Å². The molecule has 8 nitrogen and oxygen atoms in total. The smallest absolute Gasteiger partial charge is 0.420 e. The lowest BCUT2D eigenvalue weighted by atomic mass is 10.1. The van der Waals surface area contributed by atoms with E-state index in [-0.39, 0.29) is 42.4 Å². The molecule has 0 radical (unpaired) electrons. The molecule has 1 aliphatic heterocycles. The number of anilines is 1. The molecule has 0 aromatic heterocycles. The van der Waals surface area contributed by atoms with Crippen LogP contribution in [-0.2, 0) is 20.5 Å². The molecule has 1 aromatic carbocycles. The molecule has 0 saturated carbocycles. The largest absolute Gasteiger partial charge is 0.496 e. The lowest BCUT2D eigenvalue weighted by Crippen LogP contribution is -2.31. The Hall–Kier alpha value is -2.95. The van der Waals surface area contributed by atoms with Crippen LogP contribution in [0.15, 0.2) is 23.4 Å². The average Bonchev–Trinajstić information content (AvgIpc) is 2.96. The highest BCUT2D eigenvalue weighted by atomic mass is 19.4. The van der Waals surface area contributed by atoms with E-state index < -0.39 is 29.4 Å². The van der Waals surface area contributed by atoms with E-state index in [0.717, 1.165) is 31.3 Å². The quantitative estimate of drug-likeness (QED) is 0.663. The molecule has 28 heavy (non-hydrogen) atoms. The summed E-state index contributed by atoms with van der Waals surface area (Å²) in [6.45, 7) is -0.561. The van der Waals surface area contributed by atoms with Crippen molar-refractivity contribution in [2.45, 2.75) is 6.18 Å². The van der Waals surface area contributed by atoms with Crippen LogP contribution in [0.1, 0.15) is 5.56 Å². The first-order chi connectivity index (χ1) is 13.2. The highest BCUT2D eigenvalue weighted by Crippen LogP contribution is 2.42. The number of alkyl halides is 3. The molecular formula is C17H19F3N2O6. The molecule has 2 N–H and O–H groups in total. The van der Waals surface area contributed by atoms with Gasteiger partial charge in [-0.2, -0.15) is 13.2 Å². The number of aliphatic hydroxyl groups excluding tert-OH is 1. The summed E-state index contributed by atoms with van der Waals surface area (Å²) in [5.41, 5.74) is -1.60. The molecule has 1 aromatic rings. The van der Waals surface area contributed by atoms with Gasteiger partial charge in [-0.3, -0.25) is 4.79 Å². The van der Waals surface area contributed by atoms with E-state index in [9.17, 15) is 22.8 Å². The number of benzene rings is 1. The zero-order chi connectivity index (χ0) is 21.1. The van der Waals surface area contributed by atoms with E-state index >= 15 is 0 Å². The number of esters is 1. The second-order valence-electron chi connectivity index (χ2n) is 5.67. The van der Waals surface area contributed by atoms with E-state index in [1.807, 2.05) is 0 Å². The van der Waals surface area contributed by atoms with Gasteiger partial charge in [-0.1, -0.05) is 0 Å². The fourth-order valence-corrected chi connectivity index (χ4v) is 2.70. The standard InChI is InChI=1S/C17H19F3N2O6/c1-26-12-7-13(27-2)11(6-10(12)17(18,19)20)21-14-9(16(25)28-3)8-22(4-5-23)15(14)24/h6-7,21,23H,4-5,8H2,1-3H3. The first kappa shape index (κ1) is 21.4. The summed E-state index contributed by atoms with van der Waals surface area (Å²) in [7, 11) is 3.43. The molecule has 154 valence electrons. The number of methoxy groups -OCH3 is 3. The molecule has 11 heteroatoms. The molecule has 0 saturated heterocycles. The maximum absolute atomic E-state index is 13.3. The number of ether oxygens (including phenoxy) is 3. The molecule has 1 aliphatic rings. The lowest BCUT2D eigenvalue weighted by molar-refractivity contribution is -0.139. The average molecular weight is 404 g/mol. The number of amides is 1. The minimum absolute atomic E-state index is 0.0324. The zero-order valence-corrected chi connectivity index (χ0v) is 15.3. The fraction of sp³-hybridized carbons (Fsp3) is 0.412. The van der Waals surface area contributed by atoms with Crippen LogP contribution in [0.3, 0.4) is 0 Å².